The van der Waals surface area contributed by atoms with Crippen LogP contribution in [0, 0.1) is 0 Å². The summed E-state index contributed by atoms with van der Waals surface area (Å²) in [5.41, 5.74) is 0. The largest absolute Gasteiger partial charge is 0.461 e. The highest BCUT2D eigenvalue weighted by molar-refractivity contribution is 5.36. The molecule has 1 heterocycles. The molecule has 0 aliphatic heterocycles. The third-order valence-corrected chi connectivity index (χ3v) is 2.23. The molecule has 0 aliphatic rings. The first-order valence-electron chi connectivity index (χ1n) is 6.59. The zero-order chi connectivity index (χ0) is 14.3. The summed E-state index contributed by atoms with van der Waals surface area (Å²) in [7, 11) is 0. The second-order valence-electron chi connectivity index (χ2n) is 4.52. The normalized spacial score (nSPS) is 12.3. The highest BCUT2D eigenvalue weighted by Crippen LogP contribution is 2.13. The maximum absolute atomic E-state index is 8.90. The van der Waals surface area contributed by atoms with Gasteiger partial charge in [-0.3, -0.25) is 0 Å². The summed E-state index contributed by atoms with van der Waals surface area (Å²) >= 11 is 0. The van der Waals surface area contributed by atoms with E-state index in [-0.39, 0.29) is 18.8 Å². The number of hydrogen-bond donors (Lipinski definition) is 3. The van der Waals surface area contributed by atoms with Crippen LogP contribution in [-0.2, 0) is 0 Å². The number of rotatable bonds is 8. The number of anilines is 2. The van der Waals surface area contributed by atoms with Crippen LogP contribution in [0.25, 0.3) is 0 Å². The summed E-state index contributed by atoms with van der Waals surface area (Å²) < 4.78 is 5.49. The molecule has 0 radical (unpaired) electrons. The Morgan fingerprint density at radius 2 is 1.84 bits per heavy atom. The minimum Gasteiger partial charge on any atom is -0.461 e. The van der Waals surface area contributed by atoms with Gasteiger partial charge in [0, 0.05) is 19.2 Å². The first-order valence-corrected chi connectivity index (χ1v) is 6.59. The molecule has 108 valence electrons. The van der Waals surface area contributed by atoms with Crippen LogP contribution in [0.3, 0.4) is 0 Å². The van der Waals surface area contributed by atoms with Gasteiger partial charge in [0.05, 0.1) is 6.10 Å². The molecule has 7 heteroatoms. The molecule has 1 atom stereocenters. The standard InChI is InChI=1S/C12H23N5O2/c1-5-13-10-15-11(14-9(4)6-7-18)17-12(16-10)19-8(2)3/h8-9,18H,5-7H2,1-4H3,(H2,13,14,15,16,17). The van der Waals surface area contributed by atoms with Crippen LogP contribution in [0.1, 0.15) is 34.1 Å². The van der Waals surface area contributed by atoms with Crippen molar-refractivity contribution in [3.8, 4) is 6.01 Å². The maximum atomic E-state index is 8.90. The fourth-order valence-corrected chi connectivity index (χ4v) is 1.41. The molecular weight excluding hydrogens is 246 g/mol. The third-order valence-electron chi connectivity index (χ3n) is 2.23. The highest BCUT2D eigenvalue weighted by atomic mass is 16.5. The predicted octanol–water partition coefficient (Wildman–Crippen LogP) is 1.27. The fourth-order valence-electron chi connectivity index (χ4n) is 1.41. The molecule has 1 unspecified atom stereocenters. The van der Waals surface area contributed by atoms with Crippen molar-refractivity contribution in [1.29, 1.82) is 0 Å². The Bertz CT molecular complexity index is 386. The number of hydrogen-bond acceptors (Lipinski definition) is 7. The van der Waals surface area contributed by atoms with Crippen molar-refractivity contribution >= 4 is 11.9 Å². The number of nitrogens with one attached hydrogen (secondary N) is 2. The quantitative estimate of drug-likeness (QED) is 0.654. The van der Waals surface area contributed by atoms with Crippen molar-refractivity contribution < 1.29 is 9.84 Å². The zero-order valence-electron chi connectivity index (χ0n) is 12.0. The van der Waals surface area contributed by atoms with E-state index in [4.69, 9.17) is 9.84 Å². The minimum absolute atomic E-state index is 0.000378. The van der Waals surface area contributed by atoms with Crippen molar-refractivity contribution in [2.45, 2.75) is 46.3 Å². The smallest absolute Gasteiger partial charge is 0.323 e. The van der Waals surface area contributed by atoms with E-state index in [9.17, 15) is 0 Å². The highest BCUT2D eigenvalue weighted by Gasteiger charge is 2.10. The fraction of sp³-hybridized carbons (Fsp3) is 0.750. The summed E-state index contributed by atoms with van der Waals surface area (Å²) in [6, 6.07) is 0.369. The monoisotopic (exact) mass is 269 g/mol. The zero-order valence-corrected chi connectivity index (χ0v) is 12.0. The molecule has 0 fully saturated rings. The first kappa shape index (κ1) is 15.4. The maximum Gasteiger partial charge on any atom is 0.323 e. The van der Waals surface area contributed by atoms with Gasteiger partial charge in [-0.2, -0.15) is 15.0 Å². The lowest BCUT2D eigenvalue weighted by atomic mass is 10.2. The van der Waals surface area contributed by atoms with Crippen molar-refractivity contribution in [2.24, 2.45) is 0 Å². The van der Waals surface area contributed by atoms with Gasteiger partial charge in [0.25, 0.3) is 0 Å². The predicted molar refractivity (Wildman–Crippen MR) is 74.5 cm³/mol. The second kappa shape index (κ2) is 7.73. The van der Waals surface area contributed by atoms with Gasteiger partial charge in [-0.15, -0.1) is 0 Å². The lowest BCUT2D eigenvalue weighted by Gasteiger charge is -2.15. The van der Waals surface area contributed by atoms with E-state index in [1.54, 1.807) is 0 Å². The molecular formula is C12H23N5O2. The summed E-state index contributed by atoms with van der Waals surface area (Å²) in [5.74, 6) is 0.925. The van der Waals surface area contributed by atoms with Gasteiger partial charge in [0.2, 0.25) is 11.9 Å². The summed E-state index contributed by atoms with van der Waals surface area (Å²) in [6.07, 6.45) is 0.627. The van der Waals surface area contributed by atoms with Crippen LogP contribution in [-0.4, -0.2) is 45.4 Å². The number of ether oxygens (including phenoxy) is 1. The van der Waals surface area contributed by atoms with Crippen molar-refractivity contribution in [3.05, 3.63) is 0 Å². The number of aliphatic hydroxyl groups is 1. The first-order chi connectivity index (χ1) is 9.05. The molecule has 19 heavy (non-hydrogen) atoms. The van der Waals surface area contributed by atoms with Crippen LogP contribution < -0.4 is 15.4 Å². The van der Waals surface area contributed by atoms with E-state index in [0.29, 0.717) is 24.3 Å². The second-order valence-corrected chi connectivity index (χ2v) is 4.52. The lowest BCUT2D eigenvalue weighted by molar-refractivity contribution is 0.222. The van der Waals surface area contributed by atoms with Gasteiger partial charge >= 0.3 is 6.01 Å². The van der Waals surface area contributed by atoms with E-state index in [1.165, 1.54) is 0 Å². The Morgan fingerprint density at radius 1 is 1.16 bits per heavy atom. The average molecular weight is 269 g/mol. The van der Waals surface area contributed by atoms with Gasteiger partial charge in [-0.05, 0) is 34.1 Å². The molecule has 7 nitrogen and oxygen atoms in total. The molecule has 1 rings (SSSR count). The minimum atomic E-state index is -0.000378. The SMILES string of the molecule is CCNc1nc(NC(C)CCO)nc(OC(C)C)n1. The molecule has 0 amide bonds. The Hall–Kier alpha value is -1.63. The van der Waals surface area contributed by atoms with E-state index >= 15 is 0 Å². The van der Waals surface area contributed by atoms with Gasteiger partial charge in [-0.25, -0.2) is 0 Å². The van der Waals surface area contributed by atoms with E-state index in [1.807, 2.05) is 27.7 Å². The van der Waals surface area contributed by atoms with Crippen LogP contribution in [0.4, 0.5) is 11.9 Å². The third kappa shape index (κ3) is 5.69. The Kier molecular flexibility index (Phi) is 6.27. The molecule has 0 bridgehead atoms. The Labute approximate surface area is 113 Å². The van der Waals surface area contributed by atoms with Gasteiger partial charge in [0.15, 0.2) is 0 Å². The van der Waals surface area contributed by atoms with Gasteiger partial charge in [-0.1, -0.05) is 0 Å². The molecule has 3 N–H and O–H groups in total. The molecule has 0 aliphatic carbocycles. The number of aliphatic hydroxyl groups excluding tert-OH is 1. The van der Waals surface area contributed by atoms with Gasteiger partial charge in [0.1, 0.15) is 0 Å². The molecule has 0 saturated heterocycles. The van der Waals surface area contributed by atoms with Crippen LogP contribution in [0.15, 0.2) is 0 Å². The topological polar surface area (TPSA) is 92.2 Å². The van der Waals surface area contributed by atoms with Crippen molar-refractivity contribution in [3.63, 3.8) is 0 Å². The van der Waals surface area contributed by atoms with Crippen LogP contribution in [0.2, 0.25) is 0 Å². The average Bonchev–Trinajstić information content (AvgIpc) is 2.28. The van der Waals surface area contributed by atoms with E-state index in [2.05, 4.69) is 25.6 Å². The Balaban J connectivity index is 2.85. The molecule has 1 aromatic rings. The Morgan fingerprint density at radius 3 is 2.42 bits per heavy atom. The molecule has 0 saturated carbocycles. The van der Waals surface area contributed by atoms with Crippen LogP contribution >= 0.6 is 0 Å². The molecule has 0 spiro atoms. The van der Waals surface area contributed by atoms with E-state index in [0.717, 1.165) is 6.54 Å². The van der Waals surface area contributed by atoms with Gasteiger partial charge < -0.3 is 20.5 Å². The van der Waals surface area contributed by atoms with Crippen molar-refractivity contribution in [2.75, 3.05) is 23.8 Å². The lowest BCUT2D eigenvalue weighted by Crippen LogP contribution is -2.20. The molecule has 1 aromatic heterocycles. The van der Waals surface area contributed by atoms with Crippen LogP contribution in [0.5, 0.6) is 6.01 Å². The summed E-state index contributed by atoms with van der Waals surface area (Å²) in [6.45, 7) is 8.59. The summed E-state index contributed by atoms with van der Waals surface area (Å²) in [4.78, 5) is 12.6. The molecule has 0 aromatic carbocycles. The van der Waals surface area contributed by atoms with Crippen molar-refractivity contribution in [1.82, 2.24) is 15.0 Å². The number of nitrogens with zero attached hydrogens (tertiary/aromatic N) is 3. The summed E-state index contributed by atoms with van der Waals surface area (Å²) in [5, 5.41) is 15.0. The van der Waals surface area contributed by atoms with E-state index < -0.39 is 0 Å². The number of aromatic nitrogens is 3.